The van der Waals surface area contributed by atoms with E-state index in [0.29, 0.717) is 0 Å². The highest BCUT2D eigenvalue weighted by Crippen LogP contribution is 2.22. The Hall–Kier alpha value is -1.00. The van der Waals surface area contributed by atoms with Crippen LogP contribution in [0.5, 0.6) is 0 Å². The normalized spacial score (nSPS) is 13.6. The van der Waals surface area contributed by atoms with E-state index in [9.17, 15) is 0 Å². The van der Waals surface area contributed by atoms with Gasteiger partial charge in [-0.05, 0) is 39.3 Å². The lowest BCUT2D eigenvalue weighted by Gasteiger charge is -2.25. The standard InChI is InChI=1S/C13H23N3O/c1-5-14-11(7-8-13(2,3)17-4)12-15-9-6-10-16-12/h6,9-11,14H,5,7-8H2,1-4H3. The van der Waals surface area contributed by atoms with Crippen LogP contribution in [0, 0.1) is 0 Å². The van der Waals surface area contributed by atoms with Gasteiger partial charge >= 0.3 is 0 Å². The molecule has 0 aromatic carbocycles. The second-order valence-electron chi connectivity index (χ2n) is 4.72. The molecule has 0 amide bonds. The van der Waals surface area contributed by atoms with Crippen molar-refractivity contribution in [3.8, 4) is 0 Å². The topological polar surface area (TPSA) is 47.0 Å². The zero-order valence-corrected chi connectivity index (χ0v) is 11.2. The molecule has 0 fully saturated rings. The minimum absolute atomic E-state index is 0.0948. The van der Waals surface area contributed by atoms with Crippen LogP contribution in [-0.4, -0.2) is 29.2 Å². The summed E-state index contributed by atoms with van der Waals surface area (Å²) in [5, 5.41) is 3.42. The summed E-state index contributed by atoms with van der Waals surface area (Å²) < 4.78 is 5.43. The molecule has 0 aliphatic heterocycles. The predicted molar refractivity (Wildman–Crippen MR) is 68.8 cm³/mol. The van der Waals surface area contributed by atoms with E-state index in [1.54, 1.807) is 19.5 Å². The molecule has 1 aromatic heterocycles. The van der Waals surface area contributed by atoms with E-state index >= 15 is 0 Å². The van der Waals surface area contributed by atoms with Crippen LogP contribution >= 0.6 is 0 Å². The van der Waals surface area contributed by atoms with Crippen molar-refractivity contribution in [2.24, 2.45) is 0 Å². The first kappa shape index (κ1) is 14.1. The van der Waals surface area contributed by atoms with Crippen molar-refractivity contribution < 1.29 is 4.74 Å². The molecule has 0 radical (unpaired) electrons. The van der Waals surface area contributed by atoms with Gasteiger partial charge in [0.05, 0.1) is 11.6 Å². The Morgan fingerprint density at radius 3 is 2.53 bits per heavy atom. The van der Waals surface area contributed by atoms with Crippen molar-refractivity contribution in [2.75, 3.05) is 13.7 Å². The second-order valence-corrected chi connectivity index (χ2v) is 4.72. The Kier molecular flexibility index (Phi) is 5.51. The summed E-state index contributed by atoms with van der Waals surface area (Å²) >= 11 is 0. The summed E-state index contributed by atoms with van der Waals surface area (Å²) in [6.45, 7) is 7.21. The number of hydrogen-bond donors (Lipinski definition) is 1. The van der Waals surface area contributed by atoms with E-state index in [-0.39, 0.29) is 11.6 Å². The third-order valence-corrected chi connectivity index (χ3v) is 2.94. The van der Waals surface area contributed by atoms with Gasteiger partial charge in [-0.2, -0.15) is 0 Å². The van der Waals surface area contributed by atoms with Crippen molar-refractivity contribution in [1.29, 1.82) is 0 Å². The zero-order valence-electron chi connectivity index (χ0n) is 11.2. The van der Waals surface area contributed by atoms with Gasteiger partial charge < -0.3 is 10.1 Å². The molecule has 0 aliphatic carbocycles. The fourth-order valence-electron chi connectivity index (χ4n) is 1.65. The maximum Gasteiger partial charge on any atom is 0.145 e. The van der Waals surface area contributed by atoms with Gasteiger partial charge in [0.2, 0.25) is 0 Å². The minimum atomic E-state index is -0.0948. The van der Waals surface area contributed by atoms with Crippen molar-refractivity contribution in [1.82, 2.24) is 15.3 Å². The summed E-state index contributed by atoms with van der Waals surface area (Å²) in [4.78, 5) is 8.62. The van der Waals surface area contributed by atoms with Crippen LogP contribution in [-0.2, 0) is 4.74 Å². The van der Waals surface area contributed by atoms with Crippen LogP contribution in [0.15, 0.2) is 18.5 Å². The predicted octanol–water partition coefficient (Wildman–Crippen LogP) is 2.33. The second kappa shape index (κ2) is 6.67. The Bertz CT molecular complexity index is 314. The largest absolute Gasteiger partial charge is 0.379 e. The van der Waals surface area contributed by atoms with Crippen LogP contribution in [0.2, 0.25) is 0 Å². The van der Waals surface area contributed by atoms with E-state index in [4.69, 9.17) is 4.74 Å². The van der Waals surface area contributed by atoms with Crippen LogP contribution in [0.3, 0.4) is 0 Å². The quantitative estimate of drug-likeness (QED) is 0.790. The van der Waals surface area contributed by atoms with E-state index in [1.165, 1.54) is 0 Å². The highest BCUT2D eigenvalue weighted by atomic mass is 16.5. The maximum absolute atomic E-state index is 5.43. The number of ether oxygens (including phenoxy) is 1. The van der Waals surface area contributed by atoms with Crippen LogP contribution in [0.25, 0.3) is 0 Å². The molecule has 4 nitrogen and oxygen atoms in total. The summed E-state index contributed by atoms with van der Waals surface area (Å²) in [5.41, 5.74) is -0.0948. The van der Waals surface area contributed by atoms with Gasteiger partial charge in [-0.1, -0.05) is 6.92 Å². The molecule has 1 unspecified atom stereocenters. The molecule has 0 spiro atoms. The van der Waals surface area contributed by atoms with Crippen molar-refractivity contribution in [2.45, 2.75) is 45.3 Å². The van der Waals surface area contributed by atoms with Crippen molar-refractivity contribution in [3.05, 3.63) is 24.3 Å². The summed E-state index contributed by atoms with van der Waals surface area (Å²) in [5.74, 6) is 0.862. The summed E-state index contributed by atoms with van der Waals surface area (Å²) in [7, 11) is 1.75. The fraction of sp³-hybridized carbons (Fsp3) is 0.692. The zero-order chi connectivity index (χ0) is 12.7. The first-order valence-corrected chi connectivity index (χ1v) is 6.14. The maximum atomic E-state index is 5.43. The summed E-state index contributed by atoms with van der Waals surface area (Å²) in [6, 6.07) is 2.04. The van der Waals surface area contributed by atoms with Gasteiger partial charge in [-0.15, -0.1) is 0 Å². The van der Waals surface area contributed by atoms with Crippen molar-refractivity contribution in [3.63, 3.8) is 0 Å². The molecule has 1 rings (SSSR count). The Morgan fingerprint density at radius 2 is 2.00 bits per heavy atom. The number of rotatable bonds is 7. The lowest BCUT2D eigenvalue weighted by atomic mass is 9.98. The van der Waals surface area contributed by atoms with E-state index in [0.717, 1.165) is 25.2 Å². The third kappa shape index (κ3) is 4.79. The number of methoxy groups -OCH3 is 1. The lowest BCUT2D eigenvalue weighted by molar-refractivity contribution is 0.0115. The number of hydrogen-bond acceptors (Lipinski definition) is 4. The average molecular weight is 237 g/mol. The molecule has 0 saturated heterocycles. The van der Waals surface area contributed by atoms with Gasteiger partial charge in [0.15, 0.2) is 0 Å². The van der Waals surface area contributed by atoms with E-state index in [2.05, 4.69) is 36.1 Å². The highest BCUT2D eigenvalue weighted by molar-refractivity contribution is 4.96. The van der Waals surface area contributed by atoms with Crippen LogP contribution < -0.4 is 5.32 Å². The number of nitrogens with one attached hydrogen (secondary N) is 1. The van der Waals surface area contributed by atoms with Gasteiger partial charge in [-0.25, -0.2) is 9.97 Å². The van der Waals surface area contributed by atoms with E-state index < -0.39 is 0 Å². The van der Waals surface area contributed by atoms with Gasteiger partial charge in [0.1, 0.15) is 5.82 Å². The lowest BCUT2D eigenvalue weighted by Crippen LogP contribution is -2.28. The first-order valence-electron chi connectivity index (χ1n) is 6.14. The Balaban J connectivity index is 2.61. The average Bonchev–Trinajstić information content (AvgIpc) is 2.35. The summed E-state index contributed by atoms with van der Waals surface area (Å²) in [6.07, 6.45) is 5.51. The Labute approximate surface area is 104 Å². The number of aromatic nitrogens is 2. The SMILES string of the molecule is CCNC(CCC(C)(C)OC)c1ncccn1. The molecular formula is C13H23N3O. The molecule has 0 saturated carbocycles. The fourth-order valence-corrected chi connectivity index (χ4v) is 1.65. The molecule has 1 N–H and O–H groups in total. The van der Waals surface area contributed by atoms with Gasteiger partial charge in [0, 0.05) is 19.5 Å². The first-order chi connectivity index (χ1) is 8.09. The molecule has 0 aliphatic rings. The van der Waals surface area contributed by atoms with Gasteiger partial charge in [-0.3, -0.25) is 0 Å². The molecule has 1 heterocycles. The molecular weight excluding hydrogens is 214 g/mol. The molecule has 1 atom stereocenters. The monoisotopic (exact) mass is 237 g/mol. The smallest absolute Gasteiger partial charge is 0.145 e. The molecule has 1 aromatic rings. The number of nitrogens with zero attached hydrogens (tertiary/aromatic N) is 2. The minimum Gasteiger partial charge on any atom is -0.379 e. The van der Waals surface area contributed by atoms with Crippen LogP contribution in [0.4, 0.5) is 0 Å². The molecule has 96 valence electrons. The Morgan fingerprint density at radius 1 is 1.35 bits per heavy atom. The highest BCUT2D eigenvalue weighted by Gasteiger charge is 2.20. The van der Waals surface area contributed by atoms with E-state index in [1.807, 2.05) is 6.07 Å². The molecule has 17 heavy (non-hydrogen) atoms. The van der Waals surface area contributed by atoms with Crippen LogP contribution in [0.1, 0.15) is 45.5 Å². The van der Waals surface area contributed by atoms with Crippen molar-refractivity contribution >= 4 is 0 Å². The molecule has 0 bridgehead atoms. The van der Waals surface area contributed by atoms with Gasteiger partial charge in [0.25, 0.3) is 0 Å². The third-order valence-electron chi connectivity index (χ3n) is 2.94. The molecule has 4 heteroatoms.